The Hall–Kier alpha value is -3.76. The molecule has 0 aromatic carbocycles. The lowest BCUT2D eigenvalue weighted by atomic mass is 10.0. The van der Waals surface area contributed by atoms with E-state index in [0.717, 1.165) is 109 Å². The van der Waals surface area contributed by atoms with Crippen molar-refractivity contribution in [2.24, 2.45) is 0 Å². The summed E-state index contributed by atoms with van der Waals surface area (Å²) in [5.74, 6) is -2.25. The average Bonchev–Trinajstić information content (AvgIpc) is 1.01. The average molecular weight is 1450 g/mol. The van der Waals surface area contributed by atoms with Crippen LogP contribution in [0.25, 0.3) is 0 Å². The zero-order valence-corrected chi connectivity index (χ0v) is 65.2. The first-order valence-corrected chi connectivity index (χ1v) is 42.8. The Morgan fingerprint density at radius 1 is 0.290 bits per heavy atom. The number of rotatable bonds is 75. The molecule has 0 radical (unpaired) electrons. The molecule has 2 unspecified atom stereocenters. The van der Waals surface area contributed by atoms with Gasteiger partial charge in [0.1, 0.15) is 19.3 Å². The number of aliphatic hydroxyl groups is 1. The predicted octanol–water partition coefficient (Wildman–Crippen LogP) is 23.0. The number of unbranched alkanes of at least 4 members (excludes halogenated alkanes) is 35. The van der Waals surface area contributed by atoms with Gasteiger partial charge in [-0.2, -0.15) is 0 Å². The predicted molar refractivity (Wildman–Crippen MR) is 409 cm³/mol. The summed E-state index contributed by atoms with van der Waals surface area (Å²) in [6.45, 7) is 4.71. The third-order valence-electron chi connectivity index (χ3n) is 16.9. The Bertz CT molecular complexity index is 2230. The van der Waals surface area contributed by atoms with Gasteiger partial charge in [0.25, 0.3) is 0 Å². The van der Waals surface area contributed by atoms with Crippen LogP contribution in [0.15, 0.2) is 85.1 Å². The summed E-state index contributed by atoms with van der Waals surface area (Å²) in [6.07, 6.45) is 75.8. The van der Waals surface area contributed by atoms with E-state index in [-0.39, 0.29) is 25.7 Å². The number of carbonyl (C=O) groups is 4. The van der Waals surface area contributed by atoms with E-state index in [0.29, 0.717) is 32.1 Å². The number of phosphoric ester groups is 2. The van der Waals surface area contributed by atoms with Crippen molar-refractivity contribution >= 4 is 39.5 Å². The third kappa shape index (κ3) is 72.6. The zero-order chi connectivity index (χ0) is 73.2. The van der Waals surface area contributed by atoms with Gasteiger partial charge in [-0.15, -0.1) is 0 Å². The Balaban J connectivity index is 5.40. The Morgan fingerprint density at radius 3 is 0.860 bits per heavy atom. The standard InChI is InChI=1S/C81H144O17P2/c1-5-9-13-17-21-25-29-33-35-36-37-38-40-44-48-52-56-60-64-68-81(86)98-77(72-92-79(84)66-62-58-54-50-46-42-32-28-24-20-16-12-8-4)74-96-100(89,90)94-70-75(82)69-93-99(87,88)95-73-76(71-91-78(83)65-61-57-53-49-45-41-31-27-23-19-15-11-7-3)97-80(85)67-63-59-55-51-47-43-39-34-30-26-22-18-14-10-6-2/h9,13,21,25,33-35,37-39,44,48,56,60,75-77,82H,5-8,10-12,14-20,22-24,26-32,36,40-43,45-47,49-55,57-59,61-74H2,1-4H3,(H,87,88)(H,89,90)/b13-9-,25-21-,35-33-,38-37-,39-34-,48-44-,60-56-/t75-,76+,77+/m0/s1. The lowest BCUT2D eigenvalue weighted by Crippen LogP contribution is -2.30. The van der Waals surface area contributed by atoms with E-state index in [4.69, 9.17) is 37.0 Å². The Kier molecular flexibility index (Phi) is 70.8. The van der Waals surface area contributed by atoms with Crippen molar-refractivity contribution in [3.63, 3.8) is 0 Å². The van der Waals surface area contributed by atoms with Crippen LogP contribution in [0.5, 0.6) is 0 Å². The minimum atomic E-state index is -4.99. The van der Waals surface area contributed by atoms with Crippen LogP contribution in [0.3, 0.4) is 0 Å². The molecule has 0 aromatic heterocycles. The summed E-state index contributed by atoms with van der Waals surface area (Å²) in [5, 5.41) is 10.6. The minimum Gasteiger partial charge on any atom is -0.462 e. The van der Waals surface area contributed by atoms with E-state index in [1.165, 1.54) is 154 Å². The number of allylic oxidation sites excluding steroid dienone is 14. The van der Waals surface area contributed by atoms with Crippen LogP contribution in [-0.2, 0) is 65.4 Å². The number of carbonyl (C=O) groups excluding carboxylic acids is 4. The first-order chi connectivity index (χ1) is 48.7. The molecule has 0 spiro atoms. The summed E-state index contributed by atoms with van der Waals surface area (Å²) < 4.78 is 68.5. The van der Waals surface area contributed by atoms with Crippen molar-refractivity contribution in [2.75, 3.05) is 39.6 Å². The van der Waals surface area contributed by atoms with Crippen LogP contribution >= 0.6 is 15.6 Å². The highest BCUT2D eigenvalue weighted by Gasteiger charge is 2.30. The molecular formula is C81H144O17P2. The van der Waals surface area contributed by atoms with Gasteiger partial charge >= 0.3 is 39.5 Å². The monoisotopic (exact) mass is 1450 g/mol. The normalized spacial score (nSPS) is 14.3. The van der Waals surface area contributed by atoms with E-state index in [1.54, 1.807) is 0 Å². The van der Waals surface area contributed by atoms with E-state index < -0.39 is 97.5 Å². The molecule has 0 aliphatic carbocycles. The number of phosphoric acid groups is 2. The molecule has 0 aliphatic heterocycles. The van der Waals surface area contributed by atoms with Gasteiger partial charge in [-0.1, -0.05) is 318 Å². The third-order valence-corrected chi connectivity index (χ3v) is 18.8. The number of ether oxygens (including phenoxy) is 4. The Labute approximate surface area is 608 Å². The molecule has 19 heteroatoms. The van der Waals surface area contributed by atoms with Gasteiger partial charge in [-0.25, -0.2) is 9.13 Å². The molecule has 3 N–H and O–H groups in total. The smallest absolute Gasteiger partial charge is 0.462 e. The summed E-state index contributed by atoms with van der Waals surface area (Å²) in [6, 6.07) is 0. The van der Waals surface area contributed by atoms with Crippen molar-refractivity contribution in [1.29, 1.82) is 0 Å². The molecule has 0 saturated heterocycles. The fourth-order valence-corrected chi connectivity index (χ4v) is 12.4. The molecule has 0 aromatic rings. The van der Waals surface area contributed by atoms with Crippen molar-refractivity contribution in [1.82, 2.24) is 0 Å². The highest BCUT2D eigenvalue weighted by Crippen LogP contribution is 2.45. The molecule has 0 amide bonds. The van der Waals surface area contributed by atoms with Crippen molar-refractivity contribution in [3.8, 4) is 0 Å². The van der Waals surface area contributed by atoms with Crippen molar-refractivity contribution in [3.05, 3.63) is 85.1 Å². The highest BCUT2D eigenvalue weighted by molar-refractivity contribution is 7.47. The van der Waals surface area contributed by atoms with E-state index in [9.17, 15) is 43.2 Å². The zero-order valence-electron chi connectivity index (χ0n) is 63.4. The van der Waals surface area contributed by atoms with Crippen LogP contribution in [0.4, 0.5) is 0 Å². The van der Waals surface area contributed by atoms with Gasteiger partial charge in [0.05, 0.1) is 26.4 Å². The summed E-state index contributed by atoms with van der Waals surface area (Å²) in [5.41, 5.74) is 0. The van der Waals surface area contributed by atoms with Crippen LogP contribution in [0.2, 0.25) is 0 Å². The summed E-state index contributed by atoms with van der Waals surface area (Å²) in [4.78, 5) is 72.9. The van der Waals surface area contributed by atoms with E-state index in [1.807, 2.05) is 18.2 Å². The van der Waals surface area contributed by atoms with Crippen molar-refractivity contribution in [2.45, 2.75) is 367 Å². The number of hydrogen-bond donors (Lipinski definition) is 3. The fraction of sp³-hybridized carbons (Fsp3) is 0.778. The molecule has 580 valence electrons. The van der Waals surface area contributed by atoms with Crippen LogP contribution < -0.4 is 0 Å². The first-order valence-electron chi connectivity index (χ1n) is 39.8. The van der Waals surface area contributed by atoms with Gasteiger partial charge in [0.2, 0.25) is 0 Å². The number of hydrogen-bond acceptors (Lipinski definition) is 15. The molecule has 0 aliphatic rings. The number of esters is 4. The van der Waals surface area contributed by atoms with Gasteiger partial charge in [-0.3, -0.25) is 37.3 Å². The van der Waals surface area contributed by atoms with Crippen molar-refractivity contribution < 1.29 is 80.2 Å². The maximum atomic E-state index is 13.1. The quantitative estimate of drug-likeness (QED) is 0.0169. The van der Waals surface area contributed by atoms with Crippen LogP contribution in [0, 0.1) is 0 Å². The Morgan fingerprint density at radius 2 is 0.540 bits per heavy atom. The van der Waals surface area contributed by atoms with Gasteiger partial charge in [-0.05, 0) is 89.9 Å². The molecule has 100 heavy (non-hydrogen) atoms. The fourth-order valence-electron chi connectivity index (χ4n) is 10.8. The molecule has 0 fully saturated rings. The second-order valence-electron chi connectivity index (χ2n) is 26.6. The largest absolute Gasteiger partial charge is 0.472 e. The van der Waals surface area contributed by atoms with Crippen LogP contribution in [-0.4, -0.2) is 96.7 Å². The van der Waals surface area contributed by atoms with E-state index in [2.05, 4.69) is 94.5 Å². The molecule has 0 heterocycles. The molecular weight excluding hydrogens is 1310 g/mol. The number of aliphatic hydroxyl groups excluding tert-OH is 1. The molecule has 0 bridgehead atoms. The summed E-state index contributed by atoms with van der Waals surface area (Å²) in [7, 11) is -9.97. The maximum absolute atomic E-state index is 13.1. The van der Waals surface area contributed by atoms with Gasteiger partial charge in [0, 0.05) is 25.7 Å². The lowest BCUT2D eigenvalue weighted by Gasteiger charge is -2.21. The SMILES string of the molecule is CC/C=C\C/C=C\C/C=C\C/C=C\C/C=C\C/C=C\CCC(=O)O[C@H](COC(=O)CCCCCCCCCCCCCCC)COP(=O)(O)OC[C@@H](O)COP(=O)(O)OC[C@@H](COC(=O)CCCCCCCCCCCCCCC)OC(=O)CCCCCCC/C=C\CCCCCCCC. The minimum absolute atomic E-state index is 0.0273. The van der Waals surface area contributed by atoms with Crippen LogP contribution in [0.1, 0.15) is 349 Å². The first kappa shape index (κ1) is 96.2. The lowest BCUT2D eigenvalue weighted by molar-refractivity contribution is -0.161. The molecule has 0 saturated carbocycles. The highest BCUT2D eigenvalue weighted by atomic mass is 31.2. The molecule has 17 nitrogen and oxygen atoms in total. The molecule has 0 rings (SSSR count). The second-order valence-corrected chi connectivity index (χ2v) is 29.5. The molecule has 5 atom stereocenters. The van der Waals surface area contributed by atoms with Gasteiger partial charge in [0.15, 0.2) is 12.2 Å². The topological polar surface area (TPSA) is 237 Å². The van der Waals surface area contributed by atoms with E-state index >= 15 is 0 Å². The van der Waals surface area contributed by atoms with Gasteiger partial charge < -0.3 is 33.8 Å². The summed E-state index contributed by atoms with van der Waals surface area (Å²) >= 11 is 0. The second kappa shape index (κ2) is 73.5. The maximum Gasteiger partial charge on any atom is 0.472 e.